The minimum Gasteiger partial charge on any atom is -0.392 e. The van der Waals surface area contributed by atoms with Gasteiger partial charge >= 0.3 is 6.18 Å². The van der Waals surface area contributed by atoms with E-state index >= 15 is 0 Å². The van der Waals surface area contributed by atoms with Gasteiger partial charge in [-0.1, -0.05) is 0 Å². The molecule has 7 nitrogen and oxygen atoms in total. The summed E-state index contributed by atoms with van der Waals surface area (Å²) in [5.41, 5.74) is 0.839. The molecule has 12 heteroatoms. The van der Waals surface area contributed by atoms with Gasteiger partial charge < -0.3 is 9.84 Å². The smallest absolute Gasteiger partial charge is 0.392 e. The molecule has 2 saturated heterocycles. The number of likely N-dealkylation sites (tertiary alicyclic amines) is 1. The van der Waals surface area contributed by atoms with Gasteiger partial charge in [0.1, 0.15) is 10.5 Å². The summed E-state index contributed by atoms with van der Waals surface area (Å²) in [6, 6.07) is -0.0684. The first-order valence-corrected chi connectivity index (χ1v) is 14.1. The summed E-state index contributed by atoms with van der Waals surface area (Å²) in [5.74, 6) is 0.309. The second-order valence-corrected chi connectivity index (χ2v) is 12.9. The Morgan fingerprint density at radius 2 is 2.18 bits per heavy atom. The van der Waals surface area contributed by atoms with Crippen molar-refractivity contribution in [1.82, 2.24) is 14.7 Å². The summed E-state index contributed by atoms with van der Waals surface area (Å²) < 4.78 is 72.3. The number of ether oxygens (including phenoxy) is 1. The Kier molecular flexibility index (Phi) is 6.11. The summed E-state index contributed by atoms with van der Waals surface area (Å²) in [4.78, 5) is 2.18. The highest BCUT2D eigenvalue weighted by Crippen LogP contribution is 2.51. The second kappa shape index (κ2) is 8.58. The van der Waals surface area contributed by atoms with E-state index in [1.807, 2.05) is 6.20 Å². The Labute approximate surface area is 200 Å². The van der Waals surface area contributed by atoms with Crippen molar-refractivity contribution in [3.05, 3.63) is 38.8 Å². The first kappa shape index (κ1) is 24.2. The van der Waals surface area contributed by atoms with E-state index in [0.717, 1.165) is 16.9 Å². The van der Waals surface area contributed by atoms with Crippen LogP contribution in [0.2, 0.25) is 0 Å². The highest BCUT2D eigenvalue weighted by molar-refractivity contribution is 7.91. The average molecular weight is 520 g/mol. The Bertz CT molecular complexity index is 1180. The topological polar surface area (TPSA) is 84.7 Å². The average Bonchev–Trinajstić information content (AvgIpc) is 3.47. The van der Waals surface area contributed by atoms with Crippen LogP contribution in [0.5, 0.6) is 0 Å². The van der Waals surface area contributed by atoms with Crippen molar-refractivity contribution in [2.75, 3.05) is 24.7 Å². The van der Waals surface area contributed by atoms with Gasteiger partial charge in [0.2, 0.25) is 0 Å². The zero-order chi connectivity index (χ0) is 24.3. The van der Waals surface area contributed by atoms with Crippen LogP contribution in [0.15, 0.2) is 12.4 Å². The van der Waals surface area contributed by atoms with Gasteiger partial charge in [0.15, 0.2) is 9.84 Å². The number of nitrogens with zero attached hydrogens (tertiary/aromatic N) is 3. The van der Waals surface area contributed by atoms with E-state index in [1.165, 1.54) is 0 Å². The fraction of sp³-hybridized carbons (Fsp3) is 0.682. The number of sulfone groups is 1. The molecular formula is C22H28F3N3O4S2. The molecular weight excluding hydrogens is 491 g/mol. The molecule has 3 atom stereocenters. The third-order valence-electron chi connectivity index (χ3n) is 7.35. The van der Waals surface area contributed by atoms with Crippen LogP contribution in [0.25, 0.3) is 0 Å². The lowest BCUT2D eigenvalue weighted by atomic mass is 9.81. The lowest BCUT2D eigenvalue weighted by Gasteiger charge is -2.47. The largest absolute Gasteiger partial charge is 0.425 e. The summed E-state index contributed by atoms with van der Waals surface area (Å²) in [7, 11) is -2.99. The van der Waals surface area contributed by atoms with Crippen molar-refractivity contribution in [3.63, 3.8) is 0 Å². The third-order valence-corrected chi connectivity index (χ3v) is 10.6. The molecule has 0 aromatic carbocycles. The lowest BCUT2D eigenvalue weighted by molar-refractivity contribution is -0.135. The predicted molar refractivity (Wildman–Crippen MR) is 120 cm³/mol. The number of thiophene rings is 1. The summed E-state index contributed by atoms with van der Waals surface area (Å²) in [5, 5.41) is 14.1. The monoisotopic (exact) mass is 519 g/mol. The molecule has 1 spiro atoms. The standard InChI is InChI=1S/C22H28F3N3O4S2/c1-14-8-21(19-17(2-6-32-21)18(12-29)20(33-19)22(23,24)25)4-5-27(14)10-15-9-26-28(11-15)16-3-7-34(30,31)13-16/h9,11,14,16,29H,2-8,10,12-13H2,1H3/t14-,16?,21+/m0/s1. The van der Waals surface area contributed by atoms with Crippen LogP contribution in [0, 0.1) is 0 Å². The number of fused-ring (bicyclic) bond motifs is 2. The maximum absolute atomic E-state index is 13.6. The third kappa shape index (κ3) is 4.32. The number of aliphatic hydroxyl groups is 1. The zero-order valence-electron chi connectivity index (χ0n) is 18.8. The van der Waals surface area contributed by atoms with Crippen LogP contribution < -0.4 is 0 Å². The van der Waals surface area contributed by atoms with Crippen molar-refractivity contribution in [3.8, 4) is 0 Å². The van der Waals surface area contributed by atoms with Gasteiger partial charge in [-0.2, -0.15) is 18.3 Å². The molecule has 3 aliphatic heterocycles. The van der Waals surface area contributed by atoms with Gasteiger partial charge in [0, 0.05) is 41.3 Å². The fourth-order valence-corrected chi connectivity index (χ4v) is 8.76. The molecule has 34 heavy (non-hydrogen) atoms. The fourth-order valence-electron chi connectivity index (χ4n) is 5.64. The molecule has 0 aliphatic carbocycles. The quantitative estimate of drug-likeness (QED) is 0.668. The van der Waals surface area contributed by atoms with Gasteiger partial charge in [-0.05, 0) is 38.2 Å². The SMILES string of the molecule is C[C@H]1C[C@@]2(CCN1Cc1cnn(C3CCS(=O)(=O)C3)c1)OCCc1c2sc(C(F)(F)F)c1CO. The van der Waals surface area contributed by atoms with Crippen LogP contribution in [0.3, 0.4) is 0 Å². The van der Waals surface area contributed by atoms with Crippen LogP contribution in [-0.4, -0.2) is 58.9 Å². The molecule has 0 saturated carbocycles. The normalized spacial score (nSPS) is 29.6. The highest BCUT2D eigenvalue weighted by Gasteiger charge is 2.48. The first-order chi connectivity index (χ1) is 16.0. The maximum Gasteiger partial charge on any atom is 0.425 e. The molecule has 0 amide bonds. The van der Waals surface area contributed by atoms with E-state index in [0.29, 0.717) is 55.8 Å². The van der Waals surface area contributed by atoms with Crippen LogP contribution in [0.1, 0.15) is 58.7 Å². The molecule has 2 fully saturated rings. The summed E-state index contributed by atoms with van der Waals surface area (Å²) in [6.07, 6.45) is 1.27. The van der Waals surface area contributed by atoms with Crippen molar-refractivity contribution < 1.29 is 31.4 Å². The maximum atomic E-state index is 13.6. The van der Waals surface area contributed by atoms with E-state index in [2.05, 4.69) is 16.9 Å². The van der Waals surface area contributed by atoms with Crippen molar-refractivity contribution in [1.29, 1.82) is 0 Å². The number of aromatic nitrogens is 2. The number of halogens is 3. The van der Waals surface area contributed by atoms with Gasteiger partial charge in [-0.3, -0.25) is 9.58 Å². The van der Waals surface area contributed by atoms with E-state index < -0.39 is 33.1 Å². The van der Waals surface area contributed by atoms with Crippen LogP contribution in [-0.2, 0) is 45.9 Å². The molecule has 5 rings (SSSR count). The first-order valence-electron chi connectivity index (χ1n) is 11.5. The van der Waals surface area contributed by atoms with E-state index in [9.17, 15) is 26.7 Å². The number of aliphatic hydroxyl groups excluding tert-OH is 1. The van der Waals surface area contributed by atoms with E-state index in [-0.39, 0.29) is 29.2 Å². The molecule has 188 valence electrons. The van der Waals surface area contributed by atoms with Crippen LogP contribution >= 0.6 is 11.3 Å². The Hall–Kier alpha value is -1.47. The van der Waals surface area contributed by atoms with Crippen molar-refractivity contribution in [2.24, 2.45) is 0 Å². The summed E-state index contributed by atoms with van der Waals surface area (Å²) in [6.45, 7) is 3.06. The Morgan fingerprint density at radius 3 is 2.82 bits per heavy atom. The molecule has 3 aliphatic rings. The van der Waals surface area contributed by atoms with Gasteiger partial charge in [0.05, 0.1) is 37.0 Å². The molecule has 0 radical (unpaired) electrons. The number of rotatable bonds is 4. The lowest BCUT2D eigenvalue weighted by Crippen LogP contribution is -2.50. The van der Waals surface area contributed by atoms with Crippen LogP contribution in [0.4, 0.5) is 13.2 Å². The molecule has 2 aromatic heterocycles. The van der Waals surface area contributed by atoms with Gasteiger partial charge in [0.25, 0.3) is 0 Å². The van der Waals surface area contributed by atoms with Gasteiger partial charge in [-0.25, -0.2) is 8.42 Å². The summed E-state index contributed by atoms with van der Waals surface area (Å²) >= 11 is 0.732. The second-order valence-electron chi connectivity index (χ2n) is 9.63. The highest BCUT2D eigenvalue weighted by atomic mass is 32.2. The number of hydrogen-bond acceptors (Lipinski definition) is 7. The number of hydrogen-bond donors (Lipinski definition) is 1. The minimum absolute atomic E-state index is 0.00611. The molecule has 1 unspecified atom stereocenters. The predicted octanol–water partition coefficient (Wildman–Crippen LogP) is 3.27. The molecule has 5 heterocycles. The Balaban J connectivity index is 1.32. The zero-order valence-corrected chi connectivity index (χ0v) is 20.5. The van der Waals surface area contributed by atoms with E-state index in [1.54, 1.807) is 10.9 Å². The molecule has 2 aromatic rings. The van der Waals surface area contributed by atoms with Crippen molar-refractivity contribution >= 4 is 21.2 Å². The number of piperidine rings is 1. The number of alkyl halides is 3. The molecule has 0 bridgehead atoms. The minimum atomic E-state index is -4.49. The Morgan fingerprint density at radius 1 is 1.38 bits per heavy atom. The van der Waals surface area contributed by atoms with Crippen molar-refractivity contribution in [2.45, 2.75) is 69.6 Å². The molecule has 1 N–H and O–H groups in total. The van der Waals surface area contributed by atoms with Gasteiger partial charge in [-0.15, -0.1) is 11.3 Å². The van der Waals surface area contributed by atoms with E-state index in [4.69, 9.17) is 4.74 Å².